The van der Waals surface area contributed by atoms with Crippen LogP contribution in [0.4, 0.5) is 4.79 Å². The fourth-order valence-electron chi connectivity index (χ4n) is 6.41. The lowest BCUT2D eigenvalue weighted by molar-refractivity contribution is -0.143. The third-order valence-electron chi connectivity index (χ3n) is 9.25. The number of carbonyl (C=O) groups is 3. The minimum atomic E-state index is -1.06. The summed E-state index contributed by atoms with van der Waals surface area (Å²) in [4.78, 5) is 43.8. The van der Waals surface area contributed by atoms with E-state index in [0.29, 0.717) is 25.7 Å². The lowest BCUT2D eigenvalue weighted by atomic mass is 9.86. The van der Waals surface area contributed by atoms with E-state index in [9.17, 15) is 19.5 Å². The molecule has 0 aliphatic carbocycles. The number of aromatic nitrogens is 1. The molecule has 0 aliphatic heterocycles. The molecule has 0 radical (unpaired) electrons. The van der Waals surface area contributed by atoms with Crippen molar-refractivity contribution < 1.29 is 19.5 Å². The Hall–Kier alpha value is -5.17. The lowest BCUT2D eigenvalue weighted by Crippen LogP contribution is -2.48. The molecule has 4 aromatic carbocycles. The van der Waals surface area contributed by atoms with Crippen molar-refractivity contribution in [2.24, 2.45) is 5.92 Å². The Kier molecular flexibility index (Phi) is 11.3. The molecule has 0 bridgehead atoms. The fraction of sp³-hybridized carbons (Fsp3) is 0.310. The molecule has 5 aromatic rings. The molecular weight excluding hydrogens is 610 g/mol. The quantitative estimate of drug-likeness (QED) is 0.118. The van der Waals surface area contributed by atoms with Gasteiger partial charge in [0.2, 0.25) is 5.91 Å². The Morgan fingerprint density at radius 1 is 0.837 bits per heavy atom. The molecule has 49 heavy (non-hydrogen) atoms. The zero-order valence-corrected chi connectivity index (χ0v) is 28.9. The van der Waals surface area contributed by atoms with Crippen molar-refractivity contribution >= 4 is 28.8 Å². The first-order valence-corrected chi connectivity index (χ1v) is 17.2. The SMILES string of the molecule is CCN(C(=O)NC(Cc1c[nH]c2ccccc12)c1ccccc1)C(=O)C(CCCc1ccc(-c2ccc(C(C)(C)C)cc2)cc1)CC(=O)O. The summed E-state index contributed by atoms with van der Waals surface area (Å²) in [6.45, 7) is 8.48. The van der Waals surface area contributed by atoms with Gasteiger partial charge in [-0.2, -0.15) is 0 Å². The van der Waals surface area contributed by atoms with Crippen molar-refractivity contribution in [3.63, 3.8) is 0 Å². The van der Waals surface area contributed by atoms with Crippen molar-refractivity contribution in [2.75, 3.05) is 6.54 Å². The van der Waals surface area contributed by atoms with Crippen molar-refractivity contribution in [1.29, 1.82) is 0 Å². The number of rotatable bonds is 13. The number of aryl methyl sites for hydroxylation is 1. The number of carboxylic acid groups (broad SMARTS) is 1. The average Bonchev–Trinajstić information content (AvgIpc) is 3.50. The highest BCUT2D eigenvalue weighted by molar-refractivity contribution is 5.97. The van der Waals surface area contributed by atoms with Crippen molar-refractivity contribution in [2.45, 2.75) is 71.3 Å². The fourth-order valence-corrected chi connectivity index (χ4v) is 6.41. The largest absolute Gasteiger partial charge is 0.481 e. The number of fused-ring (bicyclic) bond motifs is 1. The number of para-hydroxylation sites is 1. The van der Waals surface area contributed by atoms with E-state index >= 15 is 0 Å². The average molecular weight is 658 g/mol. The Morgan fingerprint density at radius 2 is 1.47 bits per heavy atom. The van der Waals surface area contributed by atoms with Gasteiger partial charge in [0, 0.05) is 29.6 Å². The van der Waals surface area contributed by atoms with Crippen LogP contribution in [-0.2, 0) is 27.8 Å². The molecule has 2 unspecified atom stereocenters. The first kappa shape index (κ1) is 35.1. The van der Waals surface area contributed by atoms with Crippen molar-refractivity contribution in [3.05, 3.63) is 132 Å². The molecule has 3 amide bonds. The number of carboxylic acids is 1. The highest BCUT2D eigenvalue weighted by Crippen LogP contribution is 2.28. The van der Waals surface area contributed by atoms with Gasteiger partial charge in [-0.25, -0.2) is 4.79 Å². The summed E-state index contributed by atoms with van der Waals surface area (Å²) in [5, 5.41) is 13.9. The summed E-state index contributed by atoms with van der Waals surface area (Å²) >= 11 is 0. The number of urea groups is 1. The van der Waals surface area contributed by atoms with Crippen LogP contribution in [0.2, 0.25) is 0 Å². The second kappa shape index (κ2) is 15.8. The van der Waals surface area contributed by atoms with Gasteiger partial charge >= 0.3 is 12.0 Å². The number of nitrogens with zero attached hydrogens (tertiary/aromatic N) is 1. The van der Waals surface area contributed by atoms with Gasteiger partial charge in [-0.05, 0) is 77.5 Å². The summed E-state index contributed by atoms with van der Waals surface area (Å²) in [5.74, 6) is -2.33. The molecular formula is C42H47N3O4. The van der Waals surface area contributed by atoms with Crippen molar-refractivity contribution in [3.8, 4) is 11.1 Å². The standard InChI is InChI=1S/C42H47N3O4/c1-5-45(41(49)44-38(32-13-7-6-8-14-32)26-34-28-43-37-17-10-9-16-36(34)37)40(48)33(27-39(46)47)15-11-12-29-18-20-30(21-19-29)31-22-24-35(25-23-31)42(2,3)4/h6-10,13-14,16-25,28,33,38,43H,5,11-12,15,26-27H2,1-4H3,(H,44,49)(H,46,47). The van der Waals surface area contributed by atoms with Crippen LogP contribution in [0.25, 0.3) is 22.0 Å². The van der Waals surface area contributed by atoms with Crippen LogP contribution in [0.1, 0.15) is 75.3 Å². The third kappa shape index (κ3) is 9.05. The third-order valence-corrected chi connectivity index (χ3v) is 9.25. The molecule has 254 valence electrons. The summed E-state index contributed by atoms with van der Waals surface area (Å²) in [6.07, 6.45) is 3.83. The zero-order chi connectivity index (χ0) is 35.0. The van der Waals surface area contributed by atoms with Crippen LogP contribution in [0.15, 0.2) is 109 Å². The van der Waals surface area contributed by atoms with Crippen LogP contribution in [0, 0.1) is 5.92 Å². The molecule has 7 nitrogen and oxygen atoms in total. The van der Waals surface area contributed by atoms with Gasteiger partial charge in [0.15, 0.2) is 0 Å². The maximum absolute atomic E-state index is 13.8. The van der Waals surface area contributed by atoms with E-state index in [4.69, 9.17) is 0 Å². The molecule has 2 atom stereocenters. The number of hydrogen-bond donors (Lipinski definition) is 3. The van der Waals surface area contributed by atoms with E-state index in [1.54, 1.807) is 6.92 Å². The van der Waals surface area contributed by atoms with Crippen LogP contribution >= 0.6 is 0 Å². The first-order chi connectivity index (χ1) is 23.5. The molecule has 0 fully saturated rings. The maximum atomic E-state index is 13.8. The Labute approximate surface area is 289 Å². The highest BCUT2D eigenvalue weighted by atomic mass is 16.4. The monoisotopic (exact) mass is 657 g/mol. The molecule has 7 heteroatoms. The summed E-state index contributed by atoms with van der Waals surface area (Å²) in [6, 6.07) is 33.8. The summed E-state index contributed by atoms with van der Waals surface area (Å²) < 4.78 is 0. The van der Waals surface area contributed by atoms with E-state index in [1.807, 2.05) is 60.8 Å². The normalized spacial score (nSPS) is 12.7. The van der Waals surface area contributed by atoms with Crippen LogP contribution in [-0.4, -0.2) is 39.4 Å². The minimum absolute atomic E-state index is 0.100. The lowest BCUT2D eigenvalue weighted by Gasteiger charge is -2.27. The van der Waals surface area contributed by atoms with Crippen LogP contribution in [0.3, 0.4) is 0 Å². The van der Waals surface area contributed by atoms with E-state index in [-0.39, 0.29) is 18.4 Å². The Balaban J connectivity index is 1.24. The van der Waals surface area contributed by atoms with E-state index < -0.39 is 29.9 Å². The maximum Gasteiger partial charge on any atom is 0.324 e. The first-order valence-electron chi connectivity index (χ1n) is 17.2. The molecule has 3 N–H and O–H groups in total. The second-order valence-corrected chi connectivity index (χ2v) is 13.8. The number of amides is 3. The van der Waals surface area contributed by atoms with Crippen LogP contribution in [0.5, 0.6) is 0 Å². The molecule has 0 saturated heterocycles. The number of carbonyl (C=O) groups excluding carboxylic acids is 2. The van der Waals surface area contributed by atoms with Crippen LogP contribution < -0.4 is 5.32 Å². The van der Waals surface area contributed by atoms with Gasteiger partial charge in [-0.3, -0.25) is 14.5 Å². The molecule has 1 aromatic heterocycles. The molecule has 0 saturated carbocycles. The Morgan fingerprint density at radius 3 is 2.10 bits per heavy atom. The summed E-state index contributed by atoms with van der Waals surface area (Å²) in [7, 11) is 0. The predicted octanol–water partition coefficient (Wildman–Crippen LogP) is 9.09. The number of aromatic amines is 1. The van der Waals surface area contributed by atoms with Gasteiger partial charge in [0.05, 0.1) is 12.5 Å². The molecule has 1 heterocycles. The van der Waals surface area contributed by atoms with Gasteiger partial charge in [0.1, 0.15) is 0 Å². The number of imide groups is 1. The number of nitrogens with one attached hydrogen (secondary N) is 2. The molecule has 0 spiro atoms. The number of benzene rings is 4. The Bertz CT molecular complexity index is 1850. The smallest absolute Gasteiger partial charge is 0.324 e. The second-order valence-electron chi connectivity index (χ2n) is 13.8. The molecule has 5 rings (SSSR count). The summed E-state index contributed by atoms with van der Waals surface area (Å²) in [5.41, 5.74) is 7.77. The van der Waals surface area contributed by atoms with E-state index in [2.05, 4.69) is 79.6 Å². The zero-order valence-electron chi connectivity index (χ0n) is 28.9. The number of hydrogen-bond acceptors (Lipinski definition) is 3. The van der Waals surface area contributed by atoms with E-state index in [0.717, 1.165) is 38.7 Å². The number of aliphatic carboxylic acids is 1. The van der Waals surface area contributed by atoms with E-state index in [1.165, 1.54) is 10.5 Å². The number of H-pyrrole nitrogens is 1. The topological polar surface area (TPSA) is 103 Å². The van der Waals surface area contributed by atoms with Crippen molar-refractivity contribution in [1.82, 2.24) is 15.2 Å². The minimum Gasteiger partial charge on any atom is -0.481 e. The predicted molar refractivity (Wildman–Crippen MR) is 196 cm³/mol. The van der Waals surface area contributed by atoms with Gasteiger partial charge in [0.25, 0.3) is 0 Å². The van der Waals surface area contributed by atoms with Gasteiger partial charge in [-0.1, -0.05) is 118 Å². The van der Waals surface area contributed by atoms with Gasteiger partial charge < -0.3 is 15.4 Å². The highest BCUT2D eigenvalue weighted by Gasteiger charge is 2.31. The molecule has 0 aliphatic rings. The van der Waals surface area contributed by atoms with Gasteiger partial charge in [-0.15, -0.1) is 0 Å².